The van der Waals surface area contributed by atoms with Crippen LogP contribution in [0, 0.1) is 34.5 Å². The number of alkyl carbamates (subject to hydrolysis) is 2. The molecule has 15 nitrogen and oxygen atoms in total. The molecule has 2 aromatic heterocycles. The standard InChI is InChI=1S/C48H59N9O6/c1-8-30(22-49)25-56(44(58)41(28(2)3)54-46(60)62-6)26-40-50-23-38(52-40)36-16-15-34-19-33(13-14-35(34)20-36)31-9-11-32(12-10-31)37-24-51-43(53-37)39-21-48(17-18-48)27-57(39)45(59)42(29(4)5)55-47(61)63-7/h9-16,20,23-24,28-30,33,39,41-42H,8,17-19,21,25-27H2,1-7H3,(H,50,52)(H,51,53)(H,54,60)(H,55,61). The van der Waals surface area contributed by atoms with Crippen molar-refractivity contribution in [3.8, 4) is 28.6 Å². The molecule has 5 unspecified atom stereocenters. The Balaban J connectivity index is 1.01. The summed E-state index contributed by atoms with van der Waals surface area (Å²) in [6.45, 7) is 10.5. The number of amides is 4. The number of H-pyrrole nitrogens is 2. The van der Waals surface area contributed by atoms with Crippen LogP contribution in [-0.2, 0) is 32.0 Å². The fourth-order valence-corrected chi connectivity index (χ4v) is 8.80. The van der Waals surface area contributed by atoms with Crippen LogP contribution in [-0.4, -0.2) is 93.1 Å². The van der Waals surface area contributed by atoms with Crippen molar-refractivity contribution in [2.75, 3.05) is 27.3 Å². The van der Waals surface area contributed by atoms with Crippen LogP contribution in [0.15, 0.2) is 60.9 Å². The number of likely N-dealkylation sites (tertiary alicyclic amines) is 1. The van der Waals surface area contributed by atoms with Gasteiger partial charge in [0.15, 0.2) is 0 Å². The summed E-state index contributed by atoms with van der Waals surface area (Å²) >= 11 is 0. The van der Waals surface area contributed by atoms with Gasteiger partial charge in [-0.05, 0) is 77.7 Å². The number of nitrogens with one attached hydrogen (secondary N) is 4. The largest absolute Gasteiger partial charge is 0.453 e. The van der Waals surface area contributed by atoms with Crippen molar-refractivity contribution in [2.45, 2.75) is 97.3 Å². The monoisotopic (exact) mass is 857 g/mol. The van der Waals surface area contributed by atoms with Gasteiger partial charge in [0.25, 0.3) is 0 Å². The number of ether oxygens (including phenoxy) is 2. The fraction of sp³-hybridized carbons (Fsp3) is 0.479. The van der Waals surface area contributed by atoms with Crippen molar-refractivity contribution in [3.63, 3.8) is 0 Å². The SMILES string of the molecule is CCC(C#N)CN(Cc1ncc(-c2ccc3c(c2)C=CC(c2ccc(-c4cnc(C5CC6(CC6)CN5C(=O)C(NC(=O)OC)C(C)C)[nH]4)cc2)C3)[nH]1)C(=O)C(NC(=O)OC)C(C)C. The topological polar surface area (TPSA) is 198 Å². The maximum atomic E-state index is 13.9. The first-order valence-electron chi connectivity index (χ1n) is 21.9. The minimum Gasteiger partial charge on any atom is -0.453 e. The van der Waals surface area contributed by atoms with E-state index in [9.17, 15) is 24.4 Å². The number of methoxy groups -OCH3 is 2. The highest BCUT2D eigenvalue weighted by atomic mass is 16.5. The second-order valence-corrected chi connectivity index (χ2v) is 18.0. The number of carbonyl (C=O) groups is 4. The summed E-state index contributed by atoms with van der Waals surface area (Å²) in [5.41, 5.74) is 7.33. The number of allylic oxidation sites excluding steroid dienone is 1. The molecule has 15 heteroatoms. The van der Waals surface area contributed by atoms with Gasteiger partial charge in [-0.1, -0.05) is 83.2 Å². The first-order chi connectivity index (χ1) is 30.2. The molecule has 0 bridgehead atoms. The molecule has 7 rings (SSSR count). The zero-order chi connectivity index (χ0) is 45.0. The van der Waals surface area contributed by atoms with Crippen molar-refractivity contribution < 1.29 is 28.7 Å². The van der Waals surface area contributed by atoms with Crippen LogP contribution < -0.4 is 10.6 Å². The summed E-state index contributed by atoms with van der Waals surface area (Å²) in [5, 5.41) is 15.1. The van der Waals surface area contributed by atoms with Gasteiger partial charge in [0.05, 0.1) is 62.6 Å². The number of benzene rings is 2. The van der Waals surface area contributed by atoms with Crippen molar-refractivity contribution in [3.05, 3.63) is 89.3 Å². The van der Waals surface area contributed by atoms with Gasteiger partial charge < -0.3 is 39.9 Å². The number of rotatable bonds is 15. The van der Waals surface area contributed by atoms with Crippen molar-refractivity contribution >= 4 is 30.1 Å². The molecule has 3 aliphatic rings. The zero-order valence-corrected chi connectivity index (χ0v) is 37.2. The molecule has 4 N–H and O–H groups in total. The minimum atomic E-state index is -0.826. The molecular formula is C48H59N9O6. The maximum absolute atomic E-state index is 13.9. The highest BCUT2D eigenvalue weighted by Gasteiger charge is 2.55. The van der Waals surface area contributed by atoms with Crippen LogP contribution in [0.25, 0.3) is 28.6 Å². The van der Waals surface area contributed by atoms with Crippen molar-refractivity contribution in [1.82, 2.24) is 40.4 Å². The Kier molecular flexibility index (Phi) is 13.4. The molecule has 0 radical (unpaired) electrons. The summed E-state index contributed by atoms with van der Waals surface area (Å²) < 4.78 is 9.59. The molecule has 2 aromatic carbocycles. The lowest BCUT2D eigenvalue weighted by molar-refractivity contribution is -0.136. The molecule has 1 aliphatic heterocycles. The lowest BCUT2D eigenvalue weighted by Crippen LogP contribution is -2.52. The molecule has 4 amide bonds. The molecule has 332 valence electrons. The first-order valence-corrected chi connectivity index (χ1v) is 21.9. The van der Waals surface area contributed by atoms with E-state index in [1.165, 1.54) is 25.3 Å². The van der Waals surface area contributed by atoms with E-state index in [2.05, 4.69) is 86.3 Å². The Morgan fingerprint density at radius 1 is 0.921 bits per heavy atom. The van der Waals surface area contributed by atoms with E-state index in [-0.39, 0.29) is 60.0 Å². The Morgan fingerprint density at radius 3 is 2.21 bits per heavy atom. The van der Waals surface area contributed by atoms with Gasteiger partial charge in [0, 0.05) is 24.6 Å². The summed E-state index contributed by atoms with van der Waals surface area (Å²) in [7, 11) is 2.56. The zero-order valence-electron chi connectivity index (χ0n) is 37.2. The van der Waals surface area contributed by atoms with Gasteiger partial charge in [-0.2, -0.15) is 5.26 Å². The van der Waals surface area contributed by atoms with Crippen molar-refractivity contribution in [1.29, 1.82) is 5.26 Å². The first kappa shape index (κ1) is 44.6. The lowest BCUT2D eigenvalue weighted by atomic mass is 9.84. The molecule has 1 spiro atoms. The van der Waals surface area contributed by atoms with Gasteiger partial charge >= 0.3 is 12.2 Å². The number of aromatic nitrogens is 4. The third-order valence-corrected chi connectivity index (χ3v) is 12.9. The van der Waals surface area contributed by atoms with Crippen molar-refractivity contribution in [2.24, 2.45) is 23.2 Å². The molecule has 2 fully saturated rings. The van der Waals surface area contributed by atoms with E-state index in [0.29, 0.717) is 18.8 Å². The Hall–Kier alpha value is -6.43. The van der Waals surface area contributed by atoms with Crippen LogP contribution in [0.3, 0.4) is 0 Å². The van der Waals surface area contributed by atoms with Crippen LogP contribution >= 0.6 is 0 Å². The molecule has 2 aliphatic carbocycles. The Bertz CT molecular complexity index is 2370. The molecule has 5 atom stereocenters. The molecular weight excluding hydrogens is 799 g/mol. The quantitative estimate of drug-likeness (QED) is 0.0935. The smallest absolute Gasteiger partial charge is 0.407 e. The normalized spacial score (nSPS) is 18.6. The third kappa shape index (κ3) is 9.95. The van der Waals surface area contributed by atoms with E-state index in [1.54, 1.807) is 11.1 Å². The number of nitrogens with zero attached hydrogens (tertiary/aromatic N) is 5. The summed E-state index contributed by atoms with van der Waals surface area (Å²) in [6.07, 6.45) is 11.1. The second-order valence-electron chi connectivity index (χ2n) is 18.0. The lowest BCUT2D eigenvalue weighted by Gasteiger charge is -2.30. The number of hydrogen-bond acceptors (Lipinski definition) is 9. The number of carbonyl (C=O) groups excluding carboxylic acids is 4. The Labute approximate surface area is 369 Å². The van der Waals surface area contributed by atoms with E-state index in [0.717, 1.165) is 59.6 Å². The molecule has 3 heterocycles. The average Bonchev–Trinajstić information content (AvgIpc) is 3.60. The fourth-order valence-electron chi connectivity index (χ4n) is 8.80. The highest BCUT2D eigenvalue weighted by Crippen LogP contribution is 2.58. The second kappa shape index (κ2) is 18.9. The minimum absolute atomic E-state index is 0.108. The molecule has 1 saturated heterocycles. The summed E-state index contributed by atoms with van der Waals surface area (Å²) in [5.74, 6) is 0.414. The predicted octanol–water partition coefficient (Wildman–Crippen LogP) is 7.51. The number of imidazole rings is 2. The van der Waals surface area contributed by atoms with Crippen LogP contribution in [0.4, 0.5) is 9.59 Å². The van der Waals surface area contributed by atoms with E-state index < -0.39 is 24.3 Å². The van der Waals surface area contributed by atoms with E-state index >= 15 is 0 Å². The van der Waals surface area contributed by atoms with Gasteiger partial charge in [-0.25, -0.2) is 19.6 Å². The summed E-state index contributed by atoms with van der Waals surface area (Å²) in [6, 6.07) is 15.5. The number of fused-ring (bicyclic) bond motifs is 1. The number of hydrogen-bond donors (Lipinski definition) is 4. The Morgan fingerprint density at radius 2 is 1.57 bits per heavy atom. The van der Waals surface area contributed by atoms with Crippen LogP contribution in [0.2, 0.25) is 0 Å². The average molecular weight is 858 g/mol. The van der Waals surface area contributed by atoms with Gasteiger partial charge in [0.2, 0.25) is 11.8 Å². The highest BCUT2D eigenvalue weighted by molar-refractivity contribution is 5.87. The van der Waals surface area contributed by atoms with E-state index in [4.69, 9.17) is 14.5 Å². The summed E-state index contributed by atoms with van der Waals surface area (Å²) in [4.78, 5) is 71.7. The van der Waals surface area contributed by atoms with Gasteiger partial charge in [0.1, 0.15) is 23.7 Å². The number of nitriles is 1. The maximum Gasteiger partial charge on any atom is 0.407 e. The van der Waals surface area contributed by atoms with Crippen LogP contribution in [0.5, 0.6) is 0 Å². The number of aromatic amines is 2. The van der Waals surface area contributed by atoms with E-state index in [1.807, 2.05) is 45.7 Å². The van der Waals surface area contributed by atoms with Gasteiger partial charge in [-0.3, -0.25) is 9.59 Å². The molecule has 63 heavy (non-hydrogen) atoms. The molecule has 1 saturated carbocycles. The molecule has 4 aromatic rings. The predicted molar refractivity (Wildman–Crippen MR) is 237 cm³/mol. The third-order valence-electron chi connectivity index (χ3n) is 12.9. The van der Waals surface area contributed by atoms with Gasteiger partial charge in [-0.15, -0.1) is 0 Å². The van der Waals surface area contributed by atoms with Crippen LogP contribution in [0.1, 0.15) is 101 Å².